The Morgan fingerprint density at radius 2 is 1.97 bits per heavy atom. The molecule has 7 nitrogen and oxygen atoms in total. The number of piperazine rings is 1. The van der Waals surface area contributed by atoms with E-state index in [1.807, 2.05) is 18.2 Å². The third kappa shape index (κ3) is 3.91. The Balaban J connectivity index is 1.26. The molecule has 0 amide bonds. The van der Waals surface area contributed by atoms with E-state index in [-0.39, 0.29) is 5.54 Å². The Hall–Kier alpha value is -3.21. The summed E-state index contributed by atoms with van der Waals surface area (Å²) in [5, 5.41) is 18.2. The zero-order valence-electron chi connectivity index (χ0n) is 19.7. The number of pyridine rings is 1. The van der Waals surface area contributed by atoms with Gasteiger partial charge in [0.1, 0.15) is 23.2 Å². The molecule has 180 valence electrons. The summed E-state index contributed by atoms with van der Waals surface area (Å²) >= 11 is 6.77. The first-order valence-electron chi connectivity index (χ1n) is 12.4. The molecule has 2 fully saturated rings. The second-order valence-corrected chi connectivity index (χ2v) is 10.3. The normalized spacial score (nSPS) is 19.8. The van der Waals surface area contributed by atoms with E-state index in [9.17, 15) is 5.26 Å². The van der Waals surface area contributed by atoms with Crippen molar-refractivity contribution >= 4 is 34.1 Å². The van der Waals surface area contributed by atoms with Gasteiger partial charge >= 0.3 is 0 Å². The van der Waals surface area contributed by atoms with Crippen LogP contribution >= 0.6 is 11.6 Å². The van der Waals surface area contributed by atoms with Crippen molar-refractivity contribution in [3.63, 3.8) is 0 Å². The van der Waals surface area contributed by atoms with Crippen molar-refractivity contribution in [3.8, 4) is 6.07 Å². The van der Waals surface area contributed by atoms with Crippen LogP contribution in [0, 0.1) is 11.3 Å². The highest BCUT2D eigenvalue weighted by Crippen LogP contribution is 2.49. The SMILES string of the molecule is C=C1Nc2c(Cl)cc3cc(CN4CCN(c5ncccc5C#N)CC4)oc3c2C2(CCCCC2)N1. The molecule has 0 bridgehead atoms. The minimum atomic E-state index is -0.180. The van der Waals surface area contributed by atoms with Crippen LogP contribution in [0.4, 0.5) is 11.5 Å². The fraction of sp³-hybridized carbons (Fsp3) is 0.407. The maximum Gasteiger partial charge on any atom is 0.146 e. The van der Waals surface area contributed by atoms with E-state index in [2.05, 4.69) is 44.1 Å². The number of nitrogens with one attached hydrogen (secondary N) is 2. The number of anilines is 2. The second-order valence-electron chi connectivity index (χ2n) is 9.86. The molecule has 0 radical (unpaired) electrons. The highest BCUT2D eigenvalue weighted by Gasteiger charge is 2.42. The number of halogens is 1. The van der Waals surface area contributed by atoms with E-state index in [0.717, 1.165) is 85.2 Å². The lowest BCUT2D eigenvalue weighted by Crippen LogP contribution is -2.48. The Kier molecular flexibility index (Phi) is 5.58. The summed E-state index contributed by atoms with van der Waals surface area (Å²) in [6, 6.07) is 10.0. The van der Waals surface area contributed by atoms with Gasteiger partial charge in [0.05, 0.1) is 34.2 Å². The van der Waals surface area contributed by atoms with Gasteiger partial charge in [0.2, 0.25) is 0 Å². The Morgan fingerprint density at radius 1 is 1.17 bits per heavy atom. The summed E-state index contributed by atoms with van der Waals surface area (Å²) in [6.07, 6.45) is 7.45. The van der Waals surface area contributed by atoms with Gasteiger partial charge in [0, 0.05) is 43.3 Å². The van der Waals surface area contributed by atoms with Gasteiger partial charge in [-0.3, -0.25) is 4.90 Å². The van der Waals surface area contributed by atoms with Crippen LogP contribution in [0.1, 0.15) is 49.0 Å². The third-order valence-electron chi connectivity index (χ3n) is 7.62. The molecule has 0 atom stereocenters. The molecule has 6 rings (SSSR count). The van der Waals surface area contributed by atoms with Gasteiger partial charge in [-0.05, 0) is 37.1 Å². The van der Waals surface area contributed by atoms with E-state index < -0.39 is 0 Å². The number of fused-ring (bicyclic) bond motifs is 4. The van der Waals surface area contributed by atoms with E-state index in [4.69, 9.17) is 16.0 Å². The lowest BCUT2D eigenvalue weighted by molar-refractivity contribution is 0.230. The molecule has 2 aliphatic heterocycles. The molecule has 3 aliphatic rings. The smallest absolute Gasteiger partial charge is 0.146 e. The van der Waals surface area contributed by atoms with Crippen LogP contribution in [0.5, 0.6) is 0 Å². The average Bonchev–Trinajstić information content (AvgIpc) is 3.26. The highest BCUT2D eigenvalue weighted by molar-refractivity contribution is 6.34. The van der Waals surface area contributed by atoms with Crippen molar-refractivity contribution in [3.05, 3.63) is 64.8 Å². The van der Waals surface area contributed by atoms with Crippen molar-refractivity contribution in [2.75, 3.05) is 36.4 Å². The topological polar surface area (TPSA) is 80.4 Å². The summed E-state index contributed by atoms with van der Waals surface area (Å²) in [5.74, 6) is 2.53. The van der Waals surface area contributed by atoms with E-state index in [0.29, 0.717) is 10.6 Å². The lowest BCUT2D eigenvalue weighted by atomic mass is 9.74. The van der Waals surface area contributed by atoms with Crippen molar-refractivity contribution in [2.24, 2.45) is 0 Å². The highest BCUT2D eigenvalue weighted by atomic mass is 35.5. The minimum absolute atomic E-state index is 0.180. The van der Waals surface area contributed by atoms with Crippen LogP contribution in [0.25, 0.3) is 11.0 Å². The molecular weight excluding hydrogens is 460 g/mol. The number of aromatic nitrogens is 1. The Labute approximate surface area is 210 Å². The van der Waals surface area contributed by atoms with Crippen LogP contribution in [0.2, 0.25) is 5.02 Å². The van der Waals surface area contributed by atoms with Gasteiger partial charge in [-0.1, -0.05) is 37.4 Å². The van der Waals surface area contributed by atoms with Gasteiger partial charge in [-0.15, -0.1) is 0 Å². The molecule has 2 aromatic heterocycles. The summed E-state index contributed by atoms with van der Waals surface area (Å²) < 4.78 is 6.56. The number of benzene rings is 1. The van der Waals surface area contributed by atoms with Crippen LogP contribution < -0.4 is 15.5 Å². The predicted octanol–water partition coefficient (Wildman–Crippen LogP) is 5.32. The monoisotopic (exact) mass is 488 g/mol. The van der Waals surface area contributed by atoms with Gasteiger partial charge in [0.15, 0.2) is 0 Å². The number of hydrogen-bond acceptors (Lipinski definition) is 7. The van der Waals surface area contributed by atoms with E-state index in [1.165, 1.54) is 19.3 Å². The van der Waals surface area contributed by atoms with Gasteiger partial charge in [0.25, 0.3) is 0 Å². The molecule has 0 unspecified atom stereocenters. The third-order valence-corrected chi connectivity index (χ3v) is 7.92. The molecule has 1 aliphatic carbocycles. The molecule has 3 aromatic rings. The molecule has 1 spiro atoms. The van der Waals surface area contributed by atoms with Gasteiger partial charge in [-0.2, -0.15) is 5.26 Å². The van der Waals surface area contributed by atoms with Crippen LogP contribution in [-0.4, -0.2) is 36.1 Å². The number of nitrogens with zero attached hydrogens (tertiary/aromatic N) is 4. The number of furan rings is 1. The van der Waals surface area contributed by atoms with Crippen molar-refractivity contribution < 1.29 is 4.42 Å². The maximum absolute atomic E-state index is 9.41. The van der Waals surface area contributed by atoms with Gasteiger partial charge in [-0.25, -0.2) is 4.98 Å². The second kappa shape index (κ2) is 8.78. The van der Waals surface area contributed by atoms with E-state index in [1.54, 1.807) is 6.20 Å². The number of nitriles is 1. The van der Waals surface area contributed by atoms with Crippen LogP contribution in [0.15, 0.2) is 47.3 Å². The minimum Gasteiger partial charge on any atom is -0.459 e. The van der Waals surface area contributed by atoms with E-state index >= 15 is 0 Å². The van der Waals surface area contributed by atoms with Crippen molar-refractivity contribution in [2.45, 2.75) is 44.2 Å². The molecule has 8 heteroatoms. The molecule has 2 N–H and O–H groups in total. The van der Waals surface area contributed by atoms with Gasteiger partial charge < -0.3 is 20.0 Å². The van der Waals surface area contributed by atoms with Crippen molar-refractivity contribution in [1.29, 1.82) is 5.26 Å². The van der Waals surface area contributed by atoms with Crippen LogP contribution in [-0.2, 0) is 12.1 Å². The maximum atomic E-state index is 9.41. The fourth-order valence-electron chi connectivity index (χ4n) is 6.00. The number of hydrogen-bond donors (Lipinski definition) is 2. The quantitative estimate of drug-likeness (QED) is 0.516. The largest absolute Gasteiger partial charge is 0.459 e. The Morgan fingerprint density at radius 3 is 2.74 bits per heavy atom. The molecule has 1 saturated carbocycles. The summed E-state index contributed by atoms with van der Waals surface area (Å²) in [7, 11) is 0. The first-order chi connectivity index (χ1) is 17.1. The summed E-state index contributed by atoms with van der Waals surface area (Å²) in [5.41, 5.74) is 3.47. The molecule has 1 saturated heterocycles. The standard InChI is InChI=1S/C27H29ClN6O/c1-18-31-24-22(28)15-20-14-21(35-25(20)23(24)27(32-18)7-3-2-4-8-27)17-33-10-12-34(13-11-33)26-19(16-29)6-5-9-30-26/h5-6,9,14-15,31-32H,1-4,7-8,10-13,17H2. The first-order valence-corrected chi connectivity index (χ1v) is 12.8. The number of rotatable bonds is 3. The lowest BCUT2D eigenvalue weighted by Gasteiger charge is -2.44. The Bertz CT molecular complexity index is 1330. The molecule has 35 heavy (non-hydrogen) atoms. The predicted molar refractivity (Wildman–Crippen MR) is 138 cm³/mol. The zero-order valence-corrected chi connectivity index (χ0v) is 20.5. The average molecular weight is 489 g/mol. The van der Waals surface area contributed by atoms with Crippen LogP contribution in [0.3, 0.4) is 0 Å². The molecule has 1 aromatic carbocycles. The summed E-state index contributed by atoms with van der Waals surface area (Å²) in [6.45, 7) is 8.31. The summed E-state index contributed by atoms with van der Waals surface area (Å²) in [4.78, 5) is 9.03. The van der Waals surface area contributed by atoms with Crippen molar-refractivity contribution in [1.82, 2.24) is 15.2 Å². The fourth-order valence-corrected chi connectivity index (χ4v) is 6.26. The first kappa shape index (κ1) is 22.3. The zero-order chi connectivity index (χ0) is 24.0. The molecule has 4 heterocycles. The molecular formula is C27H29ClN6O.